The van der Waals surface area contributed by atoms with Crippen molar-refractivity contribution in [3.8, 4) is 0 Å². The number of nitrogens with zero attached hydrogens (tertiary/aromatic N) is 1. The van der Waals surface area contributed by atoms with Gasteiger partial charge in [-0.1, -0.05) is 29.3 Å². The van der Waals surface area contributed by atoms with E-state index < -0.39 is 0 Å². The minimum atomic E-state index is -0.319. The maximum atomic E-state index is 12.9. The van der Waals surface area contributed by atoms with Gasteiger partial charge in [-0.3, -0.25) is 0 Å². The van der Waals surface area contributed by atoms with Gasteiger partial charge in [-0.05, 0) is 57.9 Å². The summed E-state index contributed by atoms with van der Waals surface area (Å²) >= 11 is 12.3. The van der Waals surface area contributed by atoms with Crippen LogP contribution >= 0.6 is 23.2 Å². The van der Waals surface area contributed by atoms with Crippen LogP contribution in [-0.2, 0) is 5.41 Å². The zero-order chi connectivity index (χ0) is 17.3. The molecule has 1 aromatic rings. The van der Waals surface area contributed by atoms with E-state index in [0.717, 1.165) is 32.4 Å². The molecule has 0 amide bonds. The number of benzene rings is 1. The maximum absolute atomic E-state index is 12.9. The molecule has 130 valence electrons. The summed E-state index contributed by atoms with van der Waals surface area (Å²) in [5, 5.41) is 17.6. The third-order valence-corrected chi connectivity index (χ3v) is 6.18. The van der Waals surface area contributed by atoms with Crippen LogP contribution in [0.3, 0.4) is 0 Å². The predicted molar refractivity (Wildman–Crippen MR) is 99.0 cm³/mol. The average Bonchev–Trinajstić information content (AvgIpc) is 2.48. The van der Waals surface area contributed by atoms with E-state index in [0.29, 0.717) is 16.6 Å². The Morgan fingerprint density at radius 1 is 1.26 bits per heavy atom. The van der Waals surface area contributed by atoms with E-state index in [2.05, 4.69) is 11.4 Å². The highest BCUT2D eigenvalue weighted by atomic mass is 35.5. The van der Waals surface area contributed by atoms with Gasteiger partial charge in [0.25, 0.3) is 0 Å². The van der Waals surface area contributed by atoms with Crippen molar-refractivity contribution in [2.45, 2.75) is 51.0 Å². The molecule has 1 aromatic carbocycles. The number of hydrogen-bond donors (Lipinski definition) is 1. The number of nitrogens with one attached hydrogen (secondary N) is 1. The first-order valence-electron chi connectivity index (χ1n) is 8.30. The molecule has 5 heteroatoms. The summed E-state index contributed by atoms with van der Waals surface area (Å²) in [6.45, 7) is 8.52. The smallest absolute Gasteiger partial charge is 0.0902 e. The fraction of sp³-hybridized carbons (Fsp3) is 0.667. The van der Waals surface area contributed by atoms with Crippen LogP contribution in [0, 0.1) is 5.21 Å². The van der Waals surface area contributed by atoms with E-state index in [4.69, 9.17) is 23.2 Å². The normalized spacial score (nSPS) is 25.2. The molecule has 0 bridgehead atoms. The third kappa shape index (κ3) is 4.21. The summed E-state index contributed by atoms with van der Waals surface area (Å²) in [5.41, 5.74) is 0.829. The molecular formula is C18H28Cl2N2O. The van der Waals surface area contributed by atoms with Crippen LogP contribution < -0.4 is 5.32 Å². The molecule has 1 unspecified atom stereocenters. The number of hydroxylamine groups is 3. The monoisotopic (exact) mass is 358 g/mol. The van der Waals surface area contributed by atoms with Crippen LogP contribution in [0.2, 0.25) is 10.0 Å². The van der Waals surface area contributed by atoms with Gasteiger partial charge in [0, 0.05) is 18.4 Å². The van der Waals surface area contributed by atoms with E-state index in [1.807, 2.05) is 32.9 Å². The molecule has 0 spiro atoms. The molecule has 2 atom stereocenters. The van der Waals surface area contributed by atoms with Crippen molar-refractivity contribution in [2.75, 3.05) is 26.7 Å². The second-order valence-corrected chi connectivity index (χ2v) is 8.75. The Labute approximate surface area is 150 Å². The lowest BCUT2D eigenvalue weighted by molar-refractivity contribution is -0.908. The lowest BCUT2D eigenvalue weighted by atomic mass is 9.72. The number of quaternary nitrogens is 1. The molecule has 0 aromatic heterocycles. The minimum absolute atomic E-state index is 0.0400. The minimum Gasteiger partial charge on any atom is -0.633 e. The topological polar surface area (TPSA) is 35.1 Å². The van der Waals surface area contributed by atoms with Gasteiger partial charge in [0.05, 0.1) is 29.2 Å². The molecule has 0 aliphatic carbocycles. The van der Waals surface area contributed by atoms with Crippen LogP contribution in [0.15, 0.2) is 18.2 Å². The second-order valence-electron chi connectivity index (χ2n) is 7.93. The predicted octanol–water partition coefficient (Wildman–Crippen LogP) is 4.75. The van der Waals surface area contributed by atoms with Crippen LogP contribution in [0.4, 0.5) is 0 Å². The highest BCUT2D eigenvalue weighted by molar-refractivity contribution is 6.42. The molecule has 2 rings (SSSR count). The number of piperidine rings is 1. The van der Waals surface area contributed by atoms with Crippen molar-refractivity contribution in [1.29, 1.82) is 0 Å². The van der Waals surface area contributed by atoms with Crippen LogP contribution in [-0.4, -0.2) is 36.9 Å². The largest absolute Gasteiger partial charge is 0.633 e. The summed E-state index contributed by atoms with van der Waals surface area (Å²) < 4.78 is -0.240. The van der Waals surface area contributed by atoms with Crippen molar-refractivity contribution in [1.82, 2.24) is 5.32 Å². The second kappa shape index (κ2) is 6.89. The Bertz CT molecular complexity index is 546. The molecule has 1 aliphatic heterocycles. The third-order valence-electron chi connectivity index (χ3n) is 5.44. The number of hydrogen-bond acceptors (Lipinski definition) is 2. The Morgan fingerprint density at radius 3 is 2.48 bits per heavy atom. The summed E-state index contributed by atoms with van der Waals surface area (Å²) in [7, 11) is 1.78. The van der Waals surface area contributed by atoms with Crippen LogP contribution in [0.25, 0.3) is 0 Å². The fourth-order valence-electron chi connectivity index (χ4n) is 3.16. The molecule has 1 heterocycles. The van der Waals surface area contributed by atoms with Crippen molar-refractivity contribution >= 4 is 23.2 Å². The summed E-state index contributed by atoms with van der Waals surface area (Å²) in [5.74, 6) is 0. The van der Waals surface area contributed by atoms with Gasteiger partial charge >= 0.3 is 0 Å². The molecular weight excluding hydrogens is 331 g/mol. The zero-order valence-electron chi connectivity index (χ0n) is 14.6. The number of rotatable bonds is 4. The fourth-order valence-corrected chi connectivity index (χ4v) is 3.46. The van der Waals surface area contributed by atoms with Crippen LogP contribution in [0.5, 0.6) is 0 Å². The first-order valence-corrected chi connectivity index (χ1v) is 9.06. The highest BCUT2D eigenvalue weighted by Crippen LogP contribution is 2.38. The lowest BCUT2D eigenvalue weighted by Gasteiger charge is -2.52. The van der Waals surface area contributed by atoms with Gasteiger partial charge in [-0.2, -0.15) is 0 Å². The zero-order valence-corrected chi connectivity index (χ0v) is 16.1. The van der Waals surface area contributed by atoms with E-state index in [-0.39, 0.29) is 15.6 Å². The van der Waals surface area contributed by atoms with Crippen LogP contribution in [0.1, 0.15) is 45.6 Å². The van der Waals surface area contributed by atoms with E-state index in [1.165, 1.54) is 5.56 Å². The standard InChI is InChI=1S/C18H28Cl2N2O/c1-17(2,3)22(4,23)11-9-18(8-5-10-21-13-18)14-6-7-15(19)16(20)12-14/h6-7,12,21H,5,8-11,13H2,1-4H3/t18-,22?/m1/s1. The van der Waals surface area contributed by atoms with Crippen molar-refractivity contribution in [3.05, 3.63) is 39.0 Å². The summed E-state index contributed by atoms with van der Waals surface area (Å²) in [6, 6.07) is 5.90. The van der Waals surface area contributed by atoms with Gasteiger partial charge < -0.3 is 15.2 Å². The summed E-state index contributed by atoms with van der Waals surface area (Å²) in [4.78, 5) is 0. The first-order chi connectivity index (χ1) is 10.6. The van der Waals surface area contributed by atoms with Gasteiger partial charge in [0.2, 0.25) is 0 Å². The lowest BCUT2D eigenvalue weighted by Crippen LogP contribution is -2.55. The van der Waals surface area contributed by atoms with E-state index >= 15 is 0 Å². The SMILES string of the molecule is CC(C)(C)[N+](C)([O-])CC[C@]1(c2ccc(Cl)c(Cl)c2)CCCNC1. The van der Waals surface area contributed by atoms with Gasteiger partial charge in [0.1, 0.15) is 0 Å². The maximum Gasteiger partial charge on any atom is 0.0902 e. The summed E-state index contributed by atoms with van der Waals surface area (Å²) in [6.07, 6.45) is 3.02. The Hall–Kier alpha value is -0.320. The Morgan fingerprint density at radius 2 is 1.96 bits per heavy atom. The molecule has 1 aliphatic rings. The Kier molecular flexibility index (Phi) is 5.70. The average molecular weight is 359 g/mol. The van der Waals surface area contributed by atoms with Crippen molar-refractivity contribution in [2.24, 2.45) is 0 Å². The molecule has 1 N–H and O–H groups in total. The number of halogens is 2. The molecule has 3 nitrogen and oxygen atoms in total. The van der Waals surface area contributed by atoms with Gasteiger partial charge in [0.15, 0.2) is 0 Å². The molecule has 1 saturated heterocycles. The highest BCUT2D eigenvalue weighted by Gasteiger charge is 2.38. The molecule has 0 saturated carbocycles. The van der Waals surface area contributed by atoms with E-state index in [9.17, 15) is 5.21 Å². The molecule has 0 radical (unpaired) electrons. The quantitative estimate of drug-likeness (QED) is 0.622. The van der Waals surface area contributed by atoms with Gasteiger partial charge in [-0.15, -0.1) is 0 Å². The van der Waals surface area contributed by atoms with E-state index in [1.54, 1.807) is 7.05 Å². The first kappa shape index (κ1) is 19.0. The van der Waals surface area contributed by atoms with Crippen molar-refractivity contribution in [3.63, 3.8) is 0 Å². The molecule has 1 fully saturated rings. The molecule has 23 heavy (non-hydrogen) atoms. The van der Waals surface area contributed by atoms with Crippen molar-refractivity contribution < 1.29 is 4.65 Å². The Balaban J connectivity index is 2.27. The van der Waals surface area contributed by atoms with Gasteiger partial charge in [-0.25, -0.2) is 0 Å².